The minimum Gasteiger partial charge on any atom is -0.388 e. The molecule has 2 amide bonds. The summed E-state index contributed by atoms with van der Waals surface area (Å²) in [5.74, 6) is 1.87. The van der Waals surface area contributed by atoms with Crippen LogP contribution in [0.1, 0.15) is 105 Å². The number of pyridine rings is 2. The Morgan fingerprint density at radius 2 is 1.58 bits per heavy atom. The van der Waals surface area contributed by atoms with Crippen molar-refractivity contribution in [3.05, 3.63) is 112 Å². The highest BCUT2D eigenvalue weighted by Gasteiger charge is 2.30. The second-order valence-corrected chi connectivity index (χ2v) is 19.4. The van der Waals surface area contributed by atoms with Crippen molar-refractivity contribution in [1.29, 1.82) is 0 Å². The second-order valence-electron chi connectivity index (χ2n) is 19.4. The van der Waals surface area contributed by atoms with Crippen LogP contribution < -0.4 is 16.4 Å². The van der Waals surface area contributed by atoms with E-state index in [1.807, 2.05) is 30.6 Å². The molecule has 3 aliphatic heterocycles. The maximum Gasteiger partial charge on any atom is 0.249 e. The highest BCUT2D eigenvalue weighted by Crippen LogP contribution is 2.38. The Hall–Kier alpha value is -5.01. The van der Waals surface area contributed by atoms with Crippen molar-refractivity contribution in [2.75, 3.05) is 63.4 Å². The average Bonchev–Trinajstić information content (AvgIpc) is 3.30. The van der Waals surface area contributed by atoms with Crippen molar-refractivity contribution in [1.82, 2.24) is 30.0 Å². The number of anilines is 2. The van der Waals surface area contributed by atoms with E-state index in [2.05, 4.69) is 73.6 Å². The molecule has 0 spiro atoms. The van der Waals surface area contributed by atoms with E-state index in [-0.39, 0.29) is 24.1 Å². The zero-order valence-corrected chi connectivity index (χ0v) is 37.4. The average molecular weight is 869 g/mol. The normalized spacial score (nSPS) is 24.5. The number of aliphatic hydroxyl groups is 1. The van der Waals surface area contributed by atoms with Crippen LogP contribution in [0, 0.1) is 23.6 Å². The molecule has 3 unspecified atom stereocenters. The Morgan fingerprint density at radius 3 is 2.30 bits per heavy atom. The van der Waals surface area contributed by atoms with Crippen LogP contribution in [-0.2, 0) is 22.6 Å². The van der Waals surface area contributed by atoms with E-state index in [1.165, 1.54) is 54.0 Å². The van der Waals surface area contributed by atoms with Gasteiger partial charge in [0, 0.05) is 92.7 Å². The number of piperidine rings is 2. The molecule has 2 aromatic heterocycles. The minimum atomic E-state index is -0.530. The molecule has 0 bridgehead atoms. The number of nitrogens with zero attached hydrogens (tertiary/aromatic N) is 5. The first-order valence-electron chi connectivity index (χ1n) is 23.8. The summed E-state index contributed by atoms with van der Waals surface area (Å²) in [6.07, 6.45) is 15.3. The van der Waals surface area contributed by atoms with Gasteiger partial charge in [-0.15, -0.1) is 0 Å². The predicted octanol–water partition coefficient (Wildman–Crippen LogP) is 7.58. The molecule has 338 valence electrons. The summed E-state index contributed by atoms with van der Waals surface area (Å²) in [5, 5.41) is 16.7. The molecule has 2 aromatic carbocycles. The fraction of sp³-hybridized carbons (Fsp3) is 0.500. The standard InChI is InChI=1S/C52H65FN8O3/c1-34-26-48-45(44(16-19-55-48)40-11-14-50(54)56-30-40)28-42(34)33-59-20-17-38(18-21-59)37-6-8-39(9-7-37)49(62)27-35-2-4-36(5-3-35)31-60-22-24-61(25-23-60)32-41-10-12-43(29-46(41)53)57-47-13-15-51(63)58-52(47)64/h6-12,14,16,19,28-30,34-36,38,47,49,57,62H,2-5,13,15,17-18,20-27,31-33H2,1H3,(H2,54,56)(H,58,63,64). The minimum absolute atomic E-state index is 0.265. The van der Waals surface area contributed by atoms with Crippen molar-refractivity contribution in [3.63, 3.8) is 0 Å². The summed E-state index contributed by atoms with van der Waals surface area (Å²) in [6.45, 7) is 11.0. The van der Waals surface area contributed by atoms with Crippen LogP contribution in [0.15, 0.2) is 78.6 Å². The second kappa shape index (κ2) is 20.0. The first kappa shape index (κ1) is 44.2. The lowest BCUT2D eigenvalue weighted by atomic mass is 9.78. The van der Waals surface area contributed by atoms with Crippen LogP contribution in [0.2, 0.25) is 0 Å². The van der Waals surface area contributed by atoms with Crippen molar-refractivity contribution in [2.24, 2.45) is 17.8 Å². The van der Waals surface area contributed by atoms with Crippen LogP contribution in [0.5, 0.6) is 0 Å². The number of imide groups is 1. The number of likely N-dealkylation sites (tertiary alicyclic amines) is 1. The Labute approximate surface area is 377 Å². The molecule has 4 fully saturated rings. The van der Waals surface area contributed by atoms with Crippen molar-refractivity contribution in [2.45, 2.75) is 95.7 Å². The number of rotatable bonds is 13. The van der Waals surface area contributed by atoms with Gasteiger partial charge in [0.2, 0.25) is 11.8 Å². The van der Waals surface area contributed by atoms with E-state index < -0.39 is 12.1 Å². The first-order chi connectivity index (χ1) is 31.1. The number of carbonyl (C=O) groups is 2. The number of carbonyl (C=O) groups excluding carboxylic acids is 2. The molecule has 5 aliphatic rings. The van der Waals surface area contributed by atoms with Crippen LogP contribution in [-0.4, -0.2) is 100.0 Å². The van der Waals surface area contributed by atoms with E-state index in [0.29, 0.717) is 53.7 Å². The number of aromatic nitrogens is 2. The number of piperazine rings is 1. The van der Waals surface area contributed by atoms with Crippen molar-refractivity contribution in [3.8, 4) is 11.1 Å². The van der Waals surface area contributed by atoms with Gasteiger partial charge < -0.3 is 21.1 Å². The van der Waals surface area contributed by atoms with Gasteiger partial charge in [0.05, 0.1) is 6.10 Å². The van der Waals surface area contributed by atoms with Crippen LogP contribution in [0.4, 0.5) is 15.9 Å². The summed E-state index contributed by atoms with van der Waals surface area (Å²) in [7, 11) is 0. The van der Waals surface area contributed by atoms with Crippen LogP contribution in [0.25, 0.3) is 17.2 Å². The van der Waals surface area contributed by atoms with Crippen molar-refractivity contribution < 1.29 is 19.1 Å². The zero-order valence-electron chi connectivity index (χ0n) is 37.4. The first-order valence-corrected chi connectivity index (χ1v) is 23.8. The molecule has 4 aromatic rings. The number of hydrogen-bond acceptors (Lipinski definition) is 10. The zero-order chi connectivity index (χ0) is 44.2. The number of amides is 2. The molecule has 2 aliphatic carbocycles. The molecule has 3 atom stereocenters. The lowest BCUT2D eigenvalue weighted by molar-refractivity contribution is -0.133. The number of benzene rings is 2. The Bertz CT molecular complexity index is 2280. The molecule has 5 heterocycles. The maximum atomic E-state index is 15.1. The number of nitrogens with two attached hydrogens (primary N) is 1. The van der Waals surface area contributed by atoms with E-state index in [9.17, 15) is 14.7 Å². The number of fused-ring (bicyclic) bond motifs is 1. The van der Waals surface area contributed by atoms with Gasteiger partial charge in [0.25, 0.3) is 0 Å². The van der Waals surface area contributed by atoms with Crippen molar-refractivity contribution >= 4 is 29.4 Å². The Balaban J connectivity index is 0.676. The summed E-state index contributed by atoms with van der Waals surface area (Å²) in [5.41, 5.74) is 15.6. The molecule has 9 rings (SSSR count). The summed E-state index contributed by atoms with van der Waals surface area (Å²) < 4.78 is 15.1. The summed E-state index contributed by atoms with van der Waals surface area (Å²) in [4.78, 5) is 40.2. The van der Waals surface area contributed by atoms with E-state index >= 15 is 4.39 Å². The van der Waals surface area contributed by atoms with Crippen LogP contribution in [0.3, 0.4) is 0 Å². The lowest BCUT2D eigenvalue weighted by Gasteiger charge is -2.38. The van der Waals surface area contributed by atoms with E-state index in [0.717, 1.165) is 94.9 Å². The molecule has 11 nitrogen and oxygen atoms in total. The number of aliphatic hydroxyl groups excluding tert-OH is 1. The monoisotopic (exact) mass is 869 g/mol. The smallest absolute Gasteiger partial charge is 0.249 e. The van der Waals surface area contributed by atoms with Gasteiger partial charge in [0.1, 0.15) is 17.7 Å². The van der Waals surface area contributed by atoms with Gasteiger partial charge in [-0.25, -0.2) is 9.37 Å². The third kappa shape index (κ3) is 10.7. The number of hydrogen-bond donors (Lipinski definition) is 4. The molecular weight excluding hydrogens is 804 g/mol. The lowest BCUT2D eigenvalue weighted by Crippen LogP contribution is -2.47. The van der Waals surface area contributed by atoms with Gasteiger partial charge in [-0.3, -0.25) is 29.7 Å². The summed E-state index contributed by atoms with van der Waals surface area (Å²) >= 11 is 0. The topological polar surface area (TPSA) is 140 Å². The van der Waals surface area contributed by atoms with Gasteiger partial charge >= 0.3 is 0 Å². The number of halogens is 1. The Kier molecular flexibility index (Phi) is 13.8. The quantitative estimate of drug-likeness (QED) is 0.0995. The SMILES string of the molecule is CC1Cc2nccc(-c3ccc(N)nc3)c2C=C1CN1CCC(c2ccc(C(O)CC3CCC(CN4CCN(Cc5ccc(NC6CCC(=O)NC6=O)cc5F)CC4)CC3)cc2)CC1. The molecule has 0 radical (unpaired) electrons. The maximum absolute atomic E-state index is 15.1. The molecule has 5 N–H and O–H groups in total. The third-order valence-corrected chi connectivity index (χ3v) is 14.9. The largest absolute Gasteiger partial charge is 0.388 e. The van der Waals surface area contributed by atoms with E-state index in [4.69, 9.17) is 10.7 Å². The molecular formula is C52H65FN8O3. The number of nitrogen functional groups attached to an aromatic ring is 1. The fourth-order valence-electron chi connectivity index (χ4n) is 10.9. The number of nitrogens with one attached hydrogen (secondary N) is 2. The highest BCUT2D eigenvalue weighted by molar-refractivity contribution is 6.01. The predicted molar refractivity (Wildman–Crippen MR) is 251 cm³/mol. The van der Waals surface area contributed by atoms with Gasteiger partial charge in [-0.1, -0.05) is 61.7 Å². The van der Waals surface area contributed by atoms with E-state index in [1.54, 1.807) is 6.07 Å². The Morgan fingerprint density at radius 1 is 0.844 bits per heavy atom. The fourth-order valence-corrected chi connectivity index (χ4v) is 10.9. The third-order valence-electron chi connectivity index (χ3n) is 14.9. The molecule has 3 saturated heterocycles. The van der Waals surface area contributed by atoms with Crippen LogP contribution >= 0.6 is 0 Å². The molecule has 12 heteroatoms. The highest BCUT2D eigenvalue weighted by atomic mass is 19.1. The van der Waals surface area contributed by atoms with Gasteiger partial charge in [0.15, 0.2) is 0 Å². The molecule has 64 heavy (non-hydrogen) atoms. The van der Waals surface area contributed by atoms with Gasteiger partial charge in [-0.2, -0.15) is 0 Å². The summed E-state index contributed by atoms with van der Waals surface area (Å²) in [6, 6.07) is 19.5. The molecule has 1 saturated carbocycles. The van der Waals surface area contributed by atoms with Gasteiger partial charge in [-0.05, 0) is 129 Å².